The van der Waals surface area contributed by atoms with Crippen LogP contribution in [0.25, 0.3) is 0 Å². The van der Waals surface area contributed by atoms with E-state index in [0.717, 1.165) is 0 Å². The monoisotopic (exact) mass is 164 g/mol. The van der Waals surface area contributed by atoms with Crippen LogP contribution in [0.1, 0.15) is 23.2 Å². The van der Waals surface area contributed by atoms with Crippen molar-refractivity contribution in [2.75, 3.05) is 0 Å². The quantitative estimate of drug-likeness (QED) is 0.660. The Bertz CT molecular complexity index is 347. The van der Waals surface area contributed by atoms with Crippen LogP contribution in [0.3, 0.4) is 0 Å². The van der Waals surface area contributed by atoms with E-state index in [-0.39, 0.29) is 5.82 Å². The third-order valence-electron chi connectivity index (χ3n) is 1.51. The maximum absolute atomic E-state index is 10.7. The van der Waals surface area contributed by atoms with Gasteiger partial charge < -0.3 is 10.3 Å². The van der Waals surface area contributed by atoms with E-state index in [1.165, 1.54) is 10.8 Å². The van der Waals surface area contributed by atoms with Gasteiger partial charge in [-0.25, -0.2) is 4.98 Å². The van der Waals surface area contributed by atoms with E-state index in [0.29, 0.717) is 12.2 Å². The number of nitriles is 1. The molecule has 0 fully saturated rings. The molecule has 0 spiro atoms. The fraction of sp³-hybridized carbons (Fsp3) is 0.286. The number of aromatic nitrogens is 2. The molecule has 1 aromatic rings. The molecule has 0 aliphatic carbocycles. The van der Waals surface area contributed by atoms with E-state index < -0.39 is 5.91 Å². The molecule has 0 saturated carbocycles. The lowest BCUT2D eigenvalue weighted by molar-refractivity contribution is 0.0986. The van der Waals surface area contributed by atoms with Crippen LogP contribution in [0, 0.1) is 11.3 Å². The van der Waals surface area contributed by atoms with Crippen molar-refractivity contribution in [3.8, 4) is 6.07 Å². The lowest BCUT2D eigenvalue weighted by atomic mass is 10.5. The second-order valence-corrected chi connectivity index (χ2v) is 2.19. The van der Waals surface area contributed by atoms with Crippen LogP contribution < -0.4 is 5.73 Å². The van der Waals surface area contributed by atoms with E-state index in [2.05, 4.69) is 4.98 Å². The average molecular weight is 164 g/mol. The van der Waals surface area contributed by atoms with Crippen molar-refractivity contribution in [3.05, 3.63) is 17.7 Å². The molecule has 12 heavy (non-hydrogen) atoms. The highest BCUT2D eigenvalue weighted by Crippen LogP contribution is 2.02. The molecule has 0 unspecified atom stereocenters. The van der Waals surface area contributed by atoms with Crippen LogP contribution in [-0.4, -0.2) is 15.5 Å². The molecule has 0 radical (unpaired) electrons. The molecule has 0 aliphatic rings. The van der Waals surface area contributed by atoms with Crippen LogP contribution in [0.2, 0.25) is 0 Å². The SMILES string of the molecule is CCn1c(C#N)cnc1C(N)=O. The van der Waals surface area contributed by atoms with Crippen molar-refractivity contribution in [2.45, 2.75) is 13.5 Å². The number of nitrogens with two attached hydrogens (primary N) is 1. The van der Waals surface area contributed by atoms with Gasteiger partial charge in [-0.1, -0.05) is 0 Å². The van der Waals surface area contributed by atoms with Crippen LogP contribution in [0.4, 0.5) is 0 Å². The van der Waals surface area contributed by atoms with Crippen LogP contribution >= 0.6 is 0 Å². The zero-order valence-electron chi connectivity index (χ0n) is 6.61. The molecule has 1 amide bonds. The number of nitrogens with zero attached hydrogens (tertiary/aromatic N) is 3. The minimum Gasteiger partial charge on any atom is -0.363 e. The molecular weight excluding hydrogens is 156 g/mol. The van der Waals surface area contributed by atoms with E-state index in [9.17, 15) is 4.79 Å². The molecule has 0 saturated heterocycles. The van der Waals surface area contributed by atoms with Gasteiger partial charge in [0, 0.05) is 6.54 Å². The summed E-state index contributed by atoms with van der Waals surface area (Å²) in [6.45, 7) is 2.33. The number of rotatable bonds is 2. The summed E-state index contributed by atoms with van der Waals surface area (Å²) in [6, 6.07) is 1.91. The normalized spacial score (nSPS) is 9.33. The first-order chi connectivity index (χ1) is 5.70. The van der Waals surface area contributed by atoms with Crippen molar-refractivity contribution in [2.24, 2.45) is 5.73 Å². The van der Waals surface area contributed by atoms with Gasteiger partial charge in [0.1, 0.15) is 11.8 Å². The third-order valence-corrected chi connectivity index (χ3v) is 1.51. The van der Waals surface area contributed by atoms with Crippen LogP contribution in [0.15, 0.2) is 6.20 Å². The lowest BCUT2D eigenvalue weighted by Gasteiger charge is -2.00. The molecule has 0 aromatic carbocycles. The second kappa shape index (κ2) is 3.05. The summed E-state index contributed by atoms with van der Waals surface area (Å²) in [7, 11) is 0. The number of hydrogen-bond donors (Lipinski definition) is 1. The Morgan fingerprint density at radius 3 is 3.00 bits per heavy atom. The summed E-state index contributed by atoms with van der Waals surface area (Å²) in [6.07, 6.45) is 1.34. The number of amides is 1. The molecule has 1 aromatic heterocycles. The molecule has 2 N–H and O–H groups in total. The minimum atomic E-state index is -0.613. The highest BCUT2D eigenvalue weighted by molar-refractivity contribution is 5.89. The third kappa shape index (κ3) is 1.14. The summed E-state index contributed by atoms with van der Waals surface area (Å²) in [5.74, 6) is -0.479. The van der Waals surface area contributed by atoms with Crippen molar-refractivity contribution < 1.29 is 4.79 Å². The van der Waals surface area contributed by atoms with Gasteiger partial charge in [-0.3, -0.25) is 4.79 Å². The van der Waals surface area contributed by atoms with Crippen molar-refractivity contribution in [1.82, 2.24) is 9.55 Å². The molecule has 0 aliphatic heterocycles. The number of primary amides is 1. The first-order valence-electron chi connectivity index (χ1n) is 3.46. The first kappa shape index (κ1) is 8.27. The fourth-order valence-corrected chi connectivity index (χ4v) is 0.982. The minimum absolute atomic E-state index is 0.133. The van der Waals surface area contributed by atoms with Crippen molar-refractivity contribution in [3.63, 3.8) is 0 Å². The summed E-state index contributed by atoms with van der Waals surface area (Å²) in [4.78, 5) is 14.5. The van der Waals surface area contributed by atoms with Gasteiger partial charge in [-0.05, 0) is 6.92 Å². The Morgan fingerprint density at radius 1 is 1.92 bits per heavy atom. The Kier molecular flexibility index (Phi) is 2.10. The summed E-state index contributed by atoms with van der Waals surface area (Å²) in [5, 5.41) is 8.58. The van der Waals surface area contributed by atoms with E-state index in [4.69, 9.17) is 11.0 Å². The molecular formula is C7H8N4O. The molecule has 1 heterocycles. The predicted molar refractivity (Wildman–Crippen MR) is 41.1 cm³/mol. The van der Waals surface area contributed by atoms with Gasteiger partial charge in [-0.2, -0.15) is 5.26 Å². The maximum atomic E-state index is 10.7. The summed E-state index contributed by atoms with van der Waals surface area (Å²) >= 11 is 0. The lowest BCUT2D eigenvalue weighted by Crippen LogP contribution is -2.18. The van der Waals surface area contributed by atoms with Gasteiger partial charge >= 0.3 is 0 Å². The summed E-state index contributed by atoms with van der Waals surface area (Å²) < 4.78 is 1.47. The van der Waals surface area contributed by atoms with Gasteiger partial charge in [0.15, 0.2) is 5.82 Å². The Balaban J connectivity index is 3.25. The number of hydrogen-bond acceptors (Lipinski definition) is 3. The molecule has 5 nitrogen and oxygen atoms in total. The van der Waals surface area contributed by atoms with E-state index in [1.54, 1.807) is 0 Å². The zero-order chi connectivity index (χ0) is 9.14. The van der Waals surface area contributed by atoms with Crippen molar-refractivity contribution in [1.29, 1.82) is 5.26 Å². The largest absolute Gasteiger partial charge is 0.363 e. The van der Waals surface area contributed by atoms with Gasteiger partial charge in [0.05, 0.1) is 6.20 Å². The zero-order valence-corrected chi connectivity index (χ0v) is 6.61. The molecule has 62 valence electrons. The average Bonchev–Trinajstić information content (AvgIpc) is 2.46. The Hall–Kier alpha value is -1.83. The topological polar surface area (TPSA) is 84.7 Å². The number of carbonyl (C=O) groups is 1. The first-order valence-corrected chi connectivity index (χ1v) is 3.46. The standard InChI is InChI=1S/C7H8N4O/c1-2-11-5(3-8)4-10-7(11)6(9)12/h4H,2H2,1H3,(H2,9,12). The fourth-order valence-electron chi connectivity index (χ4n) is 0.982. The highest BCUT2D eigenvalue weighted by Gasteiger charge is 2.11. The molecule has 5 heteroatoms. The molecule has 0 atom stereocenters. The number of imidazole rings is 1. The van der Waals surface area contributed by atoms with Crippen molar-refractivity contribution >= 4 is 5.91 Å². The smallest absolute Gasteiger partial charge is 0.284 e. The highest BCUT2D eigenvalue weighted by atomic mass is 16.1. The van der Waals surface area contributed by atoms with Gasteiger partial charge in [0.25, 0.3) is 5.91 Å². The number of carbonyl (C=O) groups excluding carboxylic acids is 1. The molecule has 0 bridgehead atoms. The van der Waals surface area contributed by atoms with Crippen LogP contribution in [0.5, 0.6) is 0 Å². The van der Waals surface area contributed by atoms with E-state index >= 15 is 0 Å². The van der Waals surface area contributed by atoms with E-state index in [1.807, 2.05) is 13.0 Å². The van der Waals surface area contributed by atoms with Gasteiger partial charge in [0.2, 0.25) is 0 Å². The summed E-state index contributed by atoms with van der Waals surface area (Å²) in [5.41, 5.74) is 5.38. The predicted octanol–water partition coefficient (Wildman–Crippen LogP) is -0.126. The second-order valence-electron chi connectivity index (χ2n) is 2.19. The molecule has 1 rings (SSSR count). The Morgan fingerprint density at radius 2 is 2.58 bits per heavy atom. The Labute approximate surface area is 69.4 Å². The maximum Gasteiger partial charge on any atom is 0.284 e. The van der Waals surface area contributed by atoms with Crippen LogP contribution in [-0.2, 0) is 6.54 Å². The van der Waals surface area contributed by atoms with Gasteiger partial charge in [-0.15, -0.1) is 0 Å².